The van der Waals surface area contributed by atoms with E-state index in [9.17, 15) is 34.5 Å². The average molecular weight is 625 g/mol. The molecule has 0 aromatic heterocycles. The van der Waals surface area contributed by atoms with Gasteiger partial charge in [0.1, 0.15) is 37.1 Å². The Labute approximate surface area is 250 Å². The molecule has 248 valence electrons. The van der Waals surface area contributed by atoms with Gasteiger partial charge >= 0.3 is 23.9 Å². The van der Waals surface area contributed by atoms with E-state index in [1.54, 1.807) is 0 Å². The smallest absolute Gasteiger partial charge is 0.303 e. The third kappa shape index (κ3) is 13.1. The van der Waals surface area contributed by atoms with Crippen molar-refractivity contribution in [1.82, 2.24) is 0 Å². The van der Waals surface area contributed by atoms with Gasteiger partial charge in [-0.1, -0.05) is 19.6 Å². The van der Waals surface area contributed by atoms with Crippen LogP contribution in [0.2, 0.25) is 0 Å². The molecule has 10 atom stereocenters. The molecule has 2 heterocycles. The van der Waals surface area contributed by atoms with E-state index in [4.69, 9.17) is 43.0 Å². The number of aliphatic hydroxyl groups is 4. The van der Waals surface area contributed by atoms with Gasteiger partial charge in [-0.25, -0.2) is 0 Å². The zero-order valence-corrected chi connectivity index (χ0v) is 23.9. The molecule has 0 bridgehead atoms. The molecule has 4 N–H and O–H groups in total. The molecule has 2 aliphatic heterocycles. The first kappa shape index (κ1) is 40.0. The van der Waals surface area contributed by atoms with E-state index in [0.29, 0.717) is 0 Å². The lowest BCUT2D eigenvalue weighted by Gasteiger charge is -2.43. The molecule has 2 aliphatic rings. The molecule has 2 fully saturated rings. The largest absolute Gasteiger partial charge is 0.463 e. The van der Waals surface area contributed by atoms with Gasteiger partial charge in [0, 0.05) is 27.7 Å². The van der Waals surface area contributed by atoms with Crippen LogP contribution in [0.4, 0.5) is 0 Å². The molecule has 0 amide bonds. The highest BCUT2D eigenvalue weighted by Gasteiger charge is 2.52. The quantitative estimate of drug-likeness (QED) is 0.115. The second-order valence-electron chi connectivity index (χ2n) is 9.01. The maximum atomic E-state index is 11.6. The number of aliphatic hydroxyl groups excluding tert-OH is 4. The zero-order chi connectivity index (χ0) is 32.0. The summed E-state index contributed by atoms with van der Waals surface area (Å²) in [5, 5.41) is 37.1. The summed E-state index contributed by atoms with van der Waals surface area (Å²) in [5.41, 5.74) is 0. The maximum Gasteiger partial charge on any atom is 0.303 e. The van der Waals surface area contributed by atoms with Crippen molar-refractivity contribution in [3.63, 3.8) is 0 Å². The molecule has 2 rings (SSSR count). The van der Waals surface area contributed by atoms with Crippen LogP contribution in [0.3, 0.4) is 0 Å². The topological polar surface area (TPSA) is 223 Å². The van der Waals surface area contributed by atoms with Gasteiger partial charge in [-0.05, 0) is 0 Å². The molecule has 10 unspecified atom stereocenters. The fraction of sp³-hybridized carbons (Fsp3) is 0.704. The molecule has 0 aromatic rings. The van der Waals surface area contributed by atoms with Crippen LogP contribution in [-0.4, -0.2) is 132 Å². The van der Waals surface area contributed by atoms with Crippen molar-refractivity contribution in [1.29, 1.82) is 0 Å². The van der Waals surface area contributed by atoms with E-state index >= 15 is 0 Å². The third-order valence-corrected chi connectivity index (χ3v) is 5.55. The fourth-order valence-corrected chi connectivity index (χ4v) is 3.85. The zero-order valence-electron chi connectivity index (χ0n) is 23.9. The first-order chi connectivity index (χ1) is 19.8. The highest BCUT2D eigenvalue weighted by atomic mass is 16.7. The van der Waals surface area contributed by atoms with E-state index in [-0.39, 0.29) is 27.2 Å². The number of hydrogen-bond donors (Lipinski definition) is 4. The normalized spacial score (nSPS) is 31.5. The second kappa shape index (κ2) is 20.1. The highest BCUT2D eigenvalue weighted by Crippen LogP contribution is 2.30. The summed E-state index contributed by atoms with van der Waals surface area (Å²) >= 11 is 0. The van der Waals surface area contributed by atoms with E-state index in [0.717, 1.165) is 20.8 Å². The summed E-state index contributed by atoms with van der Waals surface area (Å²) in [6.07, 6.45) is -9.05. The van der Waals surface area contributed by atoms with E-state index in [1.807, 2.05) is 0 Å². The van der Waals surface area contributed by atoms with Crippen molar-refractivity contribution in [2.24, 2.45) is 0 Å². The molecule has 0 radical (unpaired) electrons. The second-order valence-corrected chi connectivity index (χ2v) is 9.01. The van der Waals surface area contributed by atoms with E-state index in [2.05, 4.69) is 13.2 Å². The van der Waals surface area contributed by atoms with E-state index in [1.165, 1.54) is 19.1 Å². The van der Waals surface area contributed by atoms with Crippen molar-refractivity contribution < 1.29 is 77.5 Å². The van der Waals surface area contributed by atoms with Crippen molar-refractivity contribution in [3.8, 4) is 0 Å². The van der Waals surface area contributed by atoms with Gasteiger partial charge in [-0.2, -0.15) is 0 Å². The minimum Gasteiger partial charge on any atom is -0.463 e. The molecule has 2 saturated heterocycles. The number of hydrogen-bond acceptors (Lipinski definition) is 16. The lowest BCUT2D eigenvalue weighted by atomic mass is 9.98. The van der Waals surface area contributed by atoms with Gasteiger partial charge in [-0.15, -0.1) is 13.2 Å². The van der Waals surface area contributed by atoms with Gasteiger partial charge in [-0.3, -0.25) is 19.2 Å². The lowest BCUT2D eigenvalue weighted by molar-refractivity contribution is -0.305. The lowest BCUT2D eigenvalue weighted by Crippen LogP contribution is -2.62. The fourth-order valence-electron chi connectivity index (χ4n) is 3.85. The first-order valence-electron chi connectivity index (χ1n) is 12.8. The molecular formula is C27H44O16. The van der Waals surface area contributed by atoms with Crippen LogP contribution < -0.4 is 0 Å². The van der Waals surface area contributed by atoms with Crippen LogP contribution in [0.25, 0.3) is 0 Å². The highest BCUT2D eigenvalue weighted by molar-refractivity contribution is 5.68. The Kier molecular flexibility index (Phi) is 18.7. The Morgan fingerprint density at radius 3 is 1.60 bits per heavy atom. The third-order valence-electron chi connectivity index (χ3n) is 5.55. The van der Waals surface area contributed by atoms with Crippen LogP contribution in [0.15, 0.2) is 25.3 Å². The van der Waals surface area contributed by atoms with Crippen molar-refractivity contribution in [2.75, 3.05) is 26.4 Å². The van der Waals surface area contributed by atoms with Crippen molar-refractivity contribution in [3.05, 3.63) is 25.3 Å². The Bertz CT molecular complexity index is 907. The maximum absolute atomic E-state index is 11.6. The van der Waals surface area contributed by atoms with Crippen LogP contribution >= 0.6 is 0 Å². The SMILES string of the molecule is C.C=CCOC1OC(CO)C(O)C(O)C1O.C=CCOC1OC(COC(C)=O)C(OC(C)=O)C(OC(C)=O)C1OC(C)=O. The summed E-state index contributed by atoms with van der Waals surface area (Å²) in [5.74, 6) is -2.67. The van der Waals surface area contributed by atoms with Gasteiger partial charge < -0.3 is 58.3 Å². The van der Waals surface area contributed by atoms with Crippen LogP contribution in [0.1, 0.15) is 35.1 Å². The van der Waals surface area contributed by atoms with Gasteiger partial charge in [0.25, 0.3) is 0 Å². The van der Waals surface area contributed by atoms with Gasteiger partial charge in [0.2, 0.25) is 0 Å². The average Bonchev–Trinajstić information content (AvgIpc) is 2.91. The summed E-state index contributed by atoms with van der Waals surface area (Å²) < 4.78 is 41.8. The predicted molar refractivity (Wildman–Crippen MR) is 145 cm³/mol. The number of esters is 4. The monoisotopic (exact) mass is 624 g/mol. The first-order valence-corrected chi connectivity index (χ1v) is 12.8. The van der Waals surface area contributed by atoms with Gasteiger partial charge in [0.05, 0.1) is 19.8 Å². The molecule has 16 nitrogen and oxygen atoms in total. The van der Waals surface area contributed by atoms with Crippen LogP contribution in [0.5, 0.6) is 0 Å². The van der Waals surface area contributed by atoms with Crippen molar-refractivity contribution >= 4 is 23.9 Å². The summed E-state index contributed by atoms with van der Waals surface area (Å²) in [4.78, 5) is 45.8. The summed E-state index contributed by atoms with van der Waals surface area (Å²) in [6, 6.07) is 0. The van der Waals surface area contributed by atoms with Gasteiger partial charge in [0.15, 0.2) is 30.9 Å². The standard InChI is InChI=1S/C17H24O10.C9H16O6.CH4/c1-6-7-22-17-16(26-12(5)21)15(25-11(4)20)14(24-10(3)19)13(27-17)8-23-9(2)18;1-2-3-14-9-8(13)7(12)6(11)5(4-10)15-9;/h6,13-17H,1,7-8H2,2-5H3;2,5-13H,1,3-4H2;1H4. The Hall–Kier alpha value is -2.96. The number of carbonyl (C=O) groups is 4. The molecule has 0 aromatic carbocycles. The minimum atomic E-state index is -1.40. The van der Waals surface area contributed by atoms with Crippen LogP contribution in [-0.2, 0) is 57.1 Å². The summed E-state index contributed by atoms with van der Waals surface area (Å²) in [7, 11) is 0. The predicted octanol–water partition coefficient (Wildman–Crippen LogP) is -1.10. The van der Waals surface area contributed by atoms with E-state index < -0.39 is 91.9 Å². The summed E-state index contributed by atoms with van der Waals surface area (Å²) in [6.45, 7) is 11.0. The minimum absolute atomic E-state index is 0. The molecular weight excluding hydrogens is 580 g/mol. The Morgan fingerprint density at radius 1 is 0.674 bits per heavy atom. The number of ether oxygens (including phenoxy) is 8. The molecule has 0 aliphatic carbocycles. The van der Waals surface area contributed by atoms with Crippen molar-refractivity contribution in [2.45, 2.75) is 96.5 Å². The molecule has 16 heteroatoms. The Balaban J connectivity index is 0.000000934. The molecule has 0 spiro atoms. The number of rotatable bonds is 12. The Morgan fingerprint density at radius 2 is 1.14 bits per heavy atom. The molecule has 0 saturated carbocycles. The number of carbonyl (C=O) groups excluding carboxylic acids is 4. The molecule has 43 heavy (non-hydrogen) atoms. The van der Waals surface area contributed by atoms with Crippen LogP contribution in [0, 0.1) is 0 Å².